The van der Waals surface area contributed by atoms with Crippen molar-refractivity contribution in [1.82, 2.24) is 9.88 Å². The molecule has 3 N–H and O–H groups in total. The molecule has 0 unspecified atom stereocenters. The van der Waals surface area contributed by atoms with E-state index in [0.29, 0.717) is 23.5 Å². The summed E-state index contributed by atoms with van der Waals surface area (Å²) in [5.41, 5.74) is 6.58. The number of rotatable bonds is 5. The normalized spacial score (nSPS) is 11.2. The molecule has 0 radical (unpaired) electrons. The van der Waals surface area contributed by atoms with Gasteiger partial charge in [-0.3, -0.25) is 4.79 Å². The number of hydrogen-bond donors (Lipinski definition) is 2. The third-order valence-electron chi connectivity index (χ3n) is 3.14. The number of nitrogens with two attached hydrogens (primary N) is 1. The smallest absolute Gasteiger partial charge is 0.266 e. The molecular formula is C14H19N3O2S. The van der Waals surface area contributed by atoms with Crippen molar-refractivity contribution in [1.29, 1.82) is 0 Å². The molecule has 0 aliphatic heterocycles. The van der Waals surface area contributed by atoms with E-state index in [1.165, 1.54) is 11.3 Å². The monoisotopic (exact) mass is 293 g/mol. The molecule has 0 spiro atoms. The number of nitrogen functional groups attached to an aromatic ring is 1. The summed E-state index contributed by atoms with van der Waals surface area (Å²) in [5, 5.41) is 9.77. The molecule has 0 aliphatic rings. The van der Waals surface area contributed by atoms with E-state index in [1.54, 1.807) is 11.1 Å². The van der Waals surface area contributed by atoms with Crippen LogP contribution in [0.2, 0.25) is 0 Å². The molecule has 0 saturated heterocycles. The summed E-state index contributed by atoms with van der Waals surface area (Å²) in [6.45, 7) is 4.50. The van der Waals surface area contributed by atoms with Crippen LogP contribution in [0.4, 0.5) is 5.69 Å². The lowest BCUT2D eigenvalue weighted by Gasteiger charge is -2.26. The maximum Gasteiger partial charge on any atom is 0.266 e. The molecule has 2 aromatic rings. The molecule has 0 aliphatic carbocycles. The Bertz CT molecular complexity index is 609. The van der Waals surface area contributed by atoms with Crippen LogP contribution in [-0.4, -0.2) is 40.1 Å². The summed E-state index contributed by atoms with van der Waals surface area (Å²) in [5.74, 6) is -0.0889. The van der Waals surface area contributed by atoms with Gasteiger partial charge in [-0.2, -0.15) is 0 Å². The van der Waals surface area contributed by atoms with Crippen molar-refractivity contribution in [3.05, 3.63) is 23.2 Å². The van der Waals surface area contributed by atoms with Crippen molar-refractivity contribution in [3.63, 3.8) is 0 Å². The number of carbonyl (C=O) groups is 1. The first-order chi connectivity index (χ1) is 9.56. The van der Waals surface area contributed by atoms with Crippen LogP contribution in [0.3, 0.4) is 0 Å². The molecule has 0 fully saturated rings. The van der Waals surface area contributed by atoms with Crippen molar-refractivity contribution in [3.8, 4) is 0 Å². The summed E-state index contributed by atoms with van der Waals surface area (Å²) < 4.78 is 0. The summed E-state index contributed by atoms with van der Waals surface area (Å²) >= 11 is 1.32. The van der Waals surface area contributed by atoms with Gasteiger partial charge in [-0.05, 0) is 32.4 Å². The highest BCUT2D eigenvalue weighted by Gasteiger charge is 2.23. The van der Waals surface area contributed by atoms with Gasteiger partial charge in [0, 0.05) is 30.8 Å². The molecule has 2 aromatic heterocycles. The number of aliphatic hydroxyl groups excluding tert-OH is 1. The second-order valence-electron chi connectivity index (χ2n) is 4.87. The van der Waals surface area contributed by atoms with Crippen LogP contribution in [0.15, 0.2) is 18.3 Å². The van der Waals surface area contributed by atoms with E-state index < -0.39 is 0 Å². The minimum atomic E-state index is -0.0889. The summed E-state index contributed by atoms with van der Waals surface area (Å²) in [6, 6.07) is 3.75. The zero-order chi connectivity index (χ0) is 14.7. The number of nitrogens with zero attached hydrogens (tertiary/aromatic N) is 2. The highest BCUT2D eigenvalue weighted by molar-refractivity contribution is 7.21. The molecule has 0 bridgehead atoms. The number of hydrogen-bond acceptors (Lipinski definition) is 5. The Labute approximate surface area is 122 Å². The van der Waals surface area contributed by atoms with E-state index >= 15 is 0 Å². The lowest BCUT2D eigenvalue weighted by molar-refractivity contribution is 0.0699. The van der Waals surface area contributed by atoms with Crippen molar-refractivity contribution in [2.45, 2.75) is 26.3 Å². The van der Waals surface area contributed by atoms with E-state index in [0.717, 1.165) is 10.2 Å². The maximum atomic E-state index is 12.6. The van der Waals surface area contributed by atoms with E-state index in [9.17, 15) is 4.79 Å². The van der Waals surface area contributed by atoms with Crippen molar-refractivity contribution in [2.24, 2.45) is 0 Å². The second kappa shape index (κ2) is 6.19. The predicted molar refractivity (Wildman–Crippen MR) is 81.9 cm³/mol. The lowest BCUT2D eigenvalue weighted by Crippen LogP contribution is -2.37. The highest BCUT2D eigenvalue weighted by atomic mass is 32.1. The van der Waals surface area contributed by atoms with Crippen molar-refractivity contribution < 1.29 is 9.90 Å². The number of pyridine rings is 1. The minimum absolute atomic E-state index is 0.0617. The topological polar surface area (TPSA) is 79.5 Å². The van der Waals surface area contributed by atoms with Crippen LogP contribution < -0.4 is 5.73 Å². The Kier molecular flexibility index (Phi) is 4.57. The van der Waals surface area contributed by atoms with Crippen molar-refractivity contribution >= 4 is 33.1 Å². The van der Waals surface area contributed by atoms with E-state index in [1.807, 2.05) is 26.0 Å². The SMILES string of the molecule is CC(C)N(CCCO)C(=O)c1sc2ncccc2c1N. The molecule has 108 valence electrons. The number of amides is 1. The fourth-order valence-corrected chi connectivity index (χ4v) is 3.10. The first-order valence-electron chi connectivity index (χ1n) is 6.61. The van der Waals surface area contributed by atoms with Crippen molar-refractivity contribution in [2.75, 3.05) is 18.9 Å². The minimum Gasteiger partial charge on any atom is -0.397 e. The van der Waals surface area contributed by atoms with Gasteiger partial charge in [0.15, 0.2) is 0 Å². The van der Waals surface area contributed by atoms with E-state index in [4.69, 9.17) is 10.8 Å². The fourth-order valence-electron chi connectivity index (χ4n) is 2.08. The molecule has 0 atom stereocenters. The quantitative estimate of drug-likeness (QED) is 0.885. The number of fused-ring (bicyclic) bond motifs is 1. The van der Waals surface area contributed by atoms with E-state index in [-0.39, 0.29) is 18.6 Å². The highest BCUT2D eigenvalue weighted by Crippen LogP contribution is 2.33. The van der Waals surface area contributed by atoms with Gasteiger partial charge >= 0.3 is 0 Å². The Morgan fingerprint density at radius 3 is 2.90 bits per heavy atom. The molecule has 5 nitrogen and oxygen atoms in total. The number of aliphatic hydroxyl groups is 1. The van der Waals surface area contributed by atoms with Crippen LogP contribution in [0, 0.1) is 0 Å². The van der Waals surface area contributed by atoms with Gasteiger partial charge in [0.25, 0.3) is 5.91 Å². The Balaban J connectivity index is 2.36. The number of carbonyl (C=O) groups excluding carboxylic acids is 1. The molecule has 6 heteroatoms. The Morgan fingerprint density at radius 2 is 2.30 bits per heavy atom. The summed E-state index contributed by atoms with van der Waals surface area (Å²) in [4.78, 5) is 19.9. The third kappa shape index (κ3) is 2.76. The van der Waals surface area contributed by atoms with Crippen LogP contribution in [0.5, 0.6) is 0 Å². The third-order valence-corrected chi connectivity index (χ3v) is 4.26. The van der Waals surface area contributed by atoms with Gasteiger partial charge in [-0.25, -0.2) is 4.98 Å². The molecule has 0 saturated carbocycles. The zero-order valence-electron chi connectivity index (χ0n) is 11.7. The first-order valence-corrected chi connectivity index (χ1v) is 7.42. The lowest BCUT2D eigenvalue weighted by atomic mass is 10.2. The zero-order valence-corrected chi connectivity index (χ0v) is 12.5. The number of anilines is 1. The van der Waals surface area contributed by atoms with Gasteiger partial charge in [0.1, 0.15) is 9.71 Å². The van der Waals surface area contributed by atoms with E-state index in [2.05, 4.69) is 4.98 Å². The average Bonchev–Trinajstić information content (AvgIpc) is 2.76. The maximum absolute atomic E-state index is 12.6. The van der Waals surface area contributed by atoms with Gasteiger partial charge in [0.05, 0.1) is 5.69 Å². The van der Waals surface area contributed by atoms with Crippen LogP contribution in [0.1, 0.15) is 29.9 Å². The average molecular weight is 293 g/mol. The first kappa shape index (κ1) is 14.7. The molecule has 1 amide bonds. The van der Waals surface area contributed by atoms with Crippen LogP contribution >= 0.6 is 11.3 Å². The molecular weight excluding hydrogens is 274 g/mol. The van der Waals surface area contributed by atoms with Gasteiger partial charge in [-0.15, -0.1) is 11.3 Å². The second-order valence-corrected chi connectivity index (χ2v) is 5.87. The standard InChI is InChI=1S/C14H19N3O2S/c1-9(2)17(7-4-8-18)14(19)12-11(15)10-5-3-6-16-13(10)20-12/h3,5-6,9,18H,4,7-8,15H2,1-2H3. The molecule has 0 aromatic carbocycles. The van der Waals surface area contributed by atoms with Gasteiger partial charge < -0.3 is 15.7 Å². The molecule has 2 heterocycles. The van der Waals surface area contributed by atoms with Crippen LogP contribution in [0.25, 0.3) is 10.2 Å². The van der Waals surface area contributed by atoms with Gasteiger partial charge in [-0.1, -0.05) is 0 Å². The summed E-state index contributed by atoms with van der Waals surface area (Å²) in [7, 11) is 0. The largest absolute Gasteiger partial charge is 0.397 e. The number of aromatic nitrogens is 1. The Morgan fingerprint density at radius 1 is 1.55 bits per heavy atom. The van der Waals surface area contributed by atoms with Crippen LogP contribution in [-0.2, 0) is 0 Å². The Hall–Kier alpha value is -1.66. The van der Waals surface area contributed by atoms with Gasteiger partial charge in [0.2, 0.25) is 0 Å². The fraction of sp³-hybridized carbons (Fsp3) is 0.429. The number of thiophene rings is 1. The predicted octanol–water partition coefficient (Wildman–Crippen LogP) is 2.11. The molecule has 2 rings (SSSR count). The molecule has 20 heavy (non-hydrogen) atoms. The summed E-state index contributed by atoms with van der Waals surface area (Å²) in [6.07, 6.45) is 2.26.